The zero-order valence-corrected chi connectivity index (χ0v) is 9.91. The van der Waals surface area contributed by atoms with E-state index in [1.165, 1.54) is 10.9 Å². The molecule has 0 bridgehead atoms. The summed E-state index contributed by atoms with van der Waals surface area (Å²) < 4.78 is 1.50. The molecule has 88 valence electrons. The highest BCUT2D eigenvalue weighted by atomic mass is 35.5. The van der Waals surface area contributed by atoms with E-state index in [2.05, 4.69) is 11.6 Å². The summed E-state index contributed by atoms with van der Waals surface area (Å²) in [4.78, 5) is 15.4. The van der Waals surface area contributed by atoms with Gasteiger partial charge in [0.25, 0.3) is 5.56 Å². The van der Waals surface area contributed by atoms with Crippen molar-refractivity contribution in [1.29, 1.82) is 0 Å². The lowest BCUT2D eigenvalue weighted by Gasteiger charge is -2.06. The fraction of sp³-hybridized carbons (Fsp3) is 0.455. The fourth-order valence-corrected chi connectivity index (χ4v) is 1.52. The predicted molar refractivity (Wildman–Crippen MR) is 66.6 cm³/mol. The van der Waals surface area contributed by atoms with Crippen LogP contribution < -0.4 is 11.3 Å². The van der Waals surface area contributed by atoms with Crippen LogP contribution in [0.25, 0.3) is 0 Å². The Morgan fingerprint density at radius 1 is 1.50 bits per heavy atom. The lowest BCUT2D eigenvalue weighted by Crippen LogP contribution is -2.23. The first-order chi connectivity index (χ1) is 7.66. The number of hydrogen-bond acceptors (Lipinski definition) is 3. The Kier molecular flexibility index (Phi) is 5.05. The molecule has 0 aliphatic rings. The SMILES string of the molecule is C=CCCCCCn1cnc(Cl)c(N)c1=O. The summed E-state index contributed by atoms with van der Waals surface area (Å²) in [6.45, 7) is 4.28. The van der Waals surface area contributed by atoms with Crippen LogP contribution in [-0.2, 0) is 6.54 Å². The van der Waals surface area contributed by atoms with Gasteiger partial charge in [0.05, 0.1) is 6.33 Å². The Morgan fingerprint density at radius 3 is 2.94 bits per heavy atom. The van der Waals surface area contributed by atoms with Crippen molar-refractivity contribution in [1.82, 2.24) is 9.55 Å². The van der Waals surface area contributed by atoms with Gasteiger partial charge in [0.15, 0.2) is 5.15 Å². The van der Waals surface area contributed by atoms with Crippen LogP contribution in [0, 0.1) is 0 Å². The van der Waals surface area contributed by atoms with Gasteiger partial charge in [0, 0.05) is 6.54 Å². The van der Waals surface area contributed by atoms with Crippen molar-refractivity contribution in [3.8, 4) is 0 Å². The zero-order valence-electron chi connectivity index (χ0n) is 9.16. The van der Waals surface area contributed by atoms with Crippen molar-refractivity contribution in [2.24, 2.45) is 0 Å². The molecule has 1 aromatic rings. The molecule has 1 heterocycles. The largest absolute Gasteiger partial charge is 0.392 e. The van der Waals surface area contributed by atoms with Gasteiger partial charge < -0.3 is 5.73 Å². The molecule has 0 saturated heterocycles. The first kappa shape index (κ1) is 12.8. The van der Waals surface area contributed by atoms with Crippen LogP contribution in [0.1, 0.15) is 25.7 Å². The second-order valence-electron chi connectivity index (χ2n) is 3.59. The van der Waals surface area contributed by atoms with Crippen LogP contribution in [0.5, 0.6) is 0 Å². The van der Waals surface area contributed by atoms with E-state index >= 15 is 0 Å². The normalized spacial score (nSPS) is 10.3. The van der Waals surface area contributed by atoms with Gasteiger partial charge in [-0.2, -0.15) is 0 Å². The van der Waals surface area contributed by atoms with Crippen molar-refractivity contribution in [2.75, 3.05) is 5.73 Å². The molecule has 0 radical (unpaired) electrons. The smallest absolute Gasteiger partial charge is 0.278 e. The Morgan fingerprint density at radius 2 is 2.25 bits per heavy atom. The van der Waals surface area contributed by atoms with Crippen molar-refractivity contribution in [3.63, 3.8) is 0 Å². The number of aryl methyl sites for hydroxylation is 1. The fourth-order valence-electron chi connectivity index (χ4n) is 1.39. The van der Waals surface area contributed by atoms with E-state index < -0.39 is 0 Å². The summed E-state index contributed by atoms with van der Waals surface area (Å²) in [5, 5.41) is 0.0768. The van der Waals surface area contributed by atoms with E-state index in [0.29, 0.717) is 6.54 Å². The second-order valence-corrected chi connectivity index (χ2v) is 3.94. The molecule has 1 rings (SSSR count). The Balaban J connectivity index is 2.52. The van der Waals surface area contributed by atoms with Crippen LogP contribution >= 0.6 is 11.6 Å². The molecule has 0 aliphatic carbocycles. The van der Waals surface area contributed by atoms with Gasteiger partial charge in [0.1, 0.15) is 5.69 Å². The number of halogens is 1. The summed E-state index contributed by atoms with van der Waals surface area (Å²) in [7, 11) is 0. The van der Waals surface area contributed by atoms with Crippen LogP contribution in [0.2, 0.25) is 5.15 Å². The van der Waals surface area contributed by atoms with E-state index in [1.807, 2.05) is 6.08 Å². The van der Waals surface area contributed by atoms with Gasteiger partial charge in [-0.15, -0.1) is 6.58 Å². The highest BCUT2D eigenvalue weighted by molar-refractivity contribution is 6.31. The van der Waals surface area contributed by atoms with E-state index in [0.717, 1.165) is 25.7 Å². The summed E-state index contributed by atoms with van der Waals surface area (Å²) in [5.74, 6) is 0. The Bertz CT molecular complexity index is 414. The van der Waals surface area contributed by atoms with Crippen molar-refractivity contribution in [2.45, 2.75) is 32.2 Å². The van der Waals surface area contributed by atoms with Crippen molar-refractivity contribution in [3.05, 3.63) is 34.5 Å². The maximum atomic E-state index is 11.6. The third kappa shape index (κ3) is 3.38. The van der Waals surface area contributed by atoms with Crippen molar-refractivity contribution >= 4 is 17.3 Å². The lowest BCUT2D eigenvalue weighted by molar-refractivity contribution is 0.572. The van der Waals surface area contributed by atoms with Gasteiger partial charge in [-0.25, -0.2) is 4.98 Å². The van der Waals surface area contributed by atoms with Gasteiger partial charge in [-0.1, -0.05) is 24.1 Å². The molecule has 2 N–H and O–H groups in total. The van der Waals surface area contributed by atoms with E-state index in [-0.39, 0.29) is 16.4 Å². The van der Waals surface area contributed by atoms with Gasteiger partial charge in [-0.05, 0) is 19.3 Å². The third-order valence-corrected chi connectivity index (χ3v) is 2.63. The molecule has 4 nitrogen and oxygen atoms in total. The highest BCUT2D eigenvalue weighted by Crippen LogP contribution is 2.08. The minimum atomic E-state index is -0.260. The average Bonchev–Trinajstić information content (AvgIpc) is 2.28. The molecule has 5 heteroatoms. The van der Waals surface area contributed by atoms with Crippen molar-refractivity contribution < 1.29 is 0 Å². The molecule has 0 saturated carbocycles. The maximum Gasteiger partial charge on any atom is 0.278 e. The number of unbranched alkanes of at least 4 members (excludes halogenated alkanes) is 3. The summed E-state index contributed by atoms with van der Waals surface area (Å²) in [5.41, 5.74) is 5.26. The Hall–Kier alpha value is -1.29. The van der Waals surface area contributed by atoms with Gasteiger partial charge in [0.2, 0.25) is 0 Å². The van der Waals surface area contributed by atoms with Crippen LogP contribution in [0.15, 0.2) is 23.8 Å². The average molecular weight is 242 g/mol. The Labute approximate surface area is 99.8 Å². The topological polar surface area (TPSA) is 60.9 Å². The number of nitrogens with two attached hydrogens (primary N) is 1. The first-order valence-corrected chi connectivity index (χ1v) is 5.66. The second kappa shape index (κ2) is 6.33. The number of allylic oxidation sites excluding steroid dienone is 1. The molecular weight excluding hydrogens is 226 g/mol. The summed E-state index contributed by atoms with van der Waals surface area (Å²) in [6.07, 6.45) is 7.42. The monoisotopic (exact) mass is 241 g/mol. The molecule has 0 aromatic carbocycles. The predicted octanol–water partition coefficient (Wildman–Crippen LogP) is 2.23. The minimum Gasteiger partial charge on any atom is -0.392 e. The number of nitrogen functional groups attached to an aromatic ring is 1. The summed E-state index contributed by atoms with van der Waals surface area (Å²) >= 11 is 5.63. The number of anilines is 1. The van der Waals surface area contributed by atoms with E-state index in [4.69, 9.17) is 17.3 Å². The molecule has 0 amide bonds. The quantitative estimate of drug-likeness (QED) is 0.472. The molecule has 16 heavy (non-hydrogen) atoms. The molecule has 0 aliphatic heterocycles. The van der Waals surface area contributed by atoms with Gasteiger partial charge in [-0.3, -0.25) is 9.36 Å². The van der Waals surface area contributed by atoms with Crippen LogP contribution in [0.3, 0.4) is 0 Å². The highest BCUT2D eigenvalue weighted by Gasteiger charge is 2.05. The molecule has 0 fully saturated rings. The van der Waals surface area contributed by atoms with E-state index in [9.17, 15) is 4.79 Å². The molecule has 0 spiro atoms. The molecule has 0 atom stereocenters. The molecule has 1 aromatic heterocycles. The molecular formula is C11H16ClN3O. The number of nitrogens with zero attached hydrogens (tertiary/aromatic N) is 2. The first-order valence-electron chi connectivity index (χ1n) is 5.28. The standard InChI is InChI=1S/C11H16ClN3O/c1-2-3-4-5-6-7-15-8-14-10(12)9(13)11(15)16/h2,8H,1,3-7,13H2. The van der Waals surface area contributed by atoms with Gasteiger partial charge >= 0.3 is 0 Å². The number of hydrogen-bond donors (Lipinski definition) is 1. The van der Waals surface area contributed by atoms with E-state index in [1.54, 1.807) is 0 Å². The van der Waals surface area contributed by atoms with Crippen LogP contribution in [0.4, 0.5) is 5.69 Å². The summed E-state index contributed by atoms with van der Waals surface area (Å²) in [6, 6.07) is 0. The molecule has 0 unspecified atom stereocenters. The third-order valence-electron chi connectivity index (χ3n) is 2.33. The number of aromatic nitrogens is 2. The maximum absolute atomic E-state index is 11.6. The zero-order chi connectivity index (χ0) is 12.0. The number of rotatable bonds is 6. The van der Waals surface area contributed by atoms with Crippen LogP contribution in [-0.4, -0.2) is 9.55 Å². The lowest BCUT2D eigenvalue weighted by atomic mass is 10.2. The minimum absolute atomic E-state index is 0.0234.